The molecule has 0 atom stereocenters. The molecule has 4 nitrogen and oxygen atoms in total. The van der Waals surface area contributed by atoms with Crippen LogP contribution >= 0.6 is 0 Å². The number of fused-ring (bicyclic) bond motifs is 6. The van der Waals surface area contributed by atoms with Crippen molar-refractivity contribution in [2.24, 2.45) is 0 Å². The molecule has 52 heavy (non-hydrogen) atoms. The first-order valence-corrected chi connectivity index (χ1v) is 17.5. The Hall–Kier alpha value is -7.04. The highest BCUT2D eigenvalue weighted by Crippen LogP contribution is 2.39. The van der Waals surface area contributed by atoms with Gasteiger partial charge >= 0.3 is 0 Å². The molecule has 0 aliphatic heterocycles. The zero-order valence-corrected chi connectivity index (χ0v) is 28.1. The Balaban J connectivity index is 1.20. The second-order valence-corrected chi connectivity index (χ2v) is 13.0. The molecule has 0 fully saturated rings. The zero-order chi connectivity index (χ0) is 34.4. The second-order valence-electron chi connectivity index (χ2n) is 13.0. The van der Waals surface area contributed by atoms with E-state index in [1.807, 2.05) is 36.5 Å². The predicted molar refractivity (Wildman–Crippen MR) is 215 cm³/mol. The molecule has 0 N–H and O–H groups in total. The lowest BCUT2D eigenvalue weighted by atomic mass is 9.90. The third-order valence-corrected chi connectivity index (χ3v) is 9.99. The molecule has 10 rings (SSSR count). The van der Waals surface area contributed by atoms with Crippen LogP contribution in [0.3, 0.4) is 0 Å². The molecule has 4 heteroatoms. The minimum atomic E-state index is 0.536. The maximum atomic E-state index is 5.18. The molecule has 0 aliphatic carbocycles. The minimum Gasteiger partial charge on any atom is -0.252 e. The molecule has 10 aromatic rings. The fraction of sp³-hybridized carbons (Fsp3) is 0. The monoisotopic (exact) mass is 662 g/mol. The summed E-state index contributed by atoms with van der Waals surface area (Å²) in [7, 11) is 0. The van der Waals surface area contributed by atoms with Gasteiger partial charge in [0.25, 0.3) is 0 Å². The molecule has 0 amide bonds. The highest BCUT2D eigenvalue weighted by molar-refractivity contribution is 6.18. The molecule has 0 aliphatic rings. The van der Waals surface area contributed by atoms with Gasteiger partial charge in [-0.25, -0.2) is 15.0 Å². The Bertz CT molecular complexity index is 2950. The summed E-state index contributed by atoms with van der Waals surface area (Å²) in [4.78, 5) is 20.3. The van der Waals surface area contributed by atoms with Crippen molar-refractivity contribution in [3.05, 3.63) is 182 Å². The van der Waals surface area contributed by atoms with Crippen LogP contribution in [0, 0.1) is 0 Å². The molecule has 0 unspecified atom stereocenters. The molecule has 0 spiro atoms. The van der Waals surface area contributed by atoms with Gasteiger partial charge in [-0.2, -0.15) is 0 Å². The summed E-state index contributed by atoms with van der Waals surface area (Å²) in [5.74, 6) is 1.73. The van der Waals surface area contributed by atoms with Crippen LogP contribution in [-0.4, -0.2) is 19.9 Å². The van der Waals surface area contributed by atoms with E-state index in [2.05, 4.69) is 146 Å². The molecule has 8 aromatic carbocycles. The van der Waals surface area contributed by atoms with E-state index in [1.165, 1.54) is 37.9 Å². The van der Waals surface area contributed by atoms with E-state index in [0.717, 1.165) is 44.3 Å². The van der Waals surface area contributed by atoms with Gasteiger partial charge in [0.05, 0.1) is 0 Å². The number of aromatic nitrogens is 4. The molecule has 0 saturated carbocycles. The van der Waals surface area contributed by atoms with Gasteiger partial charge in [0.1, 0.15) is 5.69 Å². The molecule has 2 aromatic heterocycles. The normalized spacial score (nSPS) is 11.5. The summed E-state index contributed by atoms with van der Waals surface area (Å²) in [5, 5.41) is 9.38. The summed E-state index contributed by atoms with van der Waals surface area (Å²) in [6, 6.07) is 61.6. The van der Waals surface area contributed by atoms with E-state index in [-0.39, 0.29) is 0 Å². The minimum absolute atomic E-state index is 0.536. The molecule has 0 saturated heterocycles. The van der Waals surface area contributed by atoms with Crippen LogP contribution in [0.4, 0.5) is 0 Å². The van der Waals surface area contributed by atoms with Crippen LogP contribution in [0.15, 0.2) is 182 Å². The lowest BCUT2D eigenvalue weighted by Crippen LogP contribution is -2.02. The number of hydrogen-bond donors (Lipinski definition) is 0. The largest absolute Gasteiger partial charge is 0.252 e. The van der Waals surface area contributed by atoms with Gasteiger partial charge < -0.3 is 0 Å². The van der Waals surface area contributed by atoms with E-state index < -0.39 is 0 Å². The predicted octanol–water partition coefficient (Wildman–Crippen LogP) is 12.2. The first kappa shape index (κ1) is 29.8. The van der Waals surface area contributed by atoms with Gasteiger partial charge in [0, 0.05) is 22.7 Å². The number of hydrogen-bond acceptors (Lipinski definition) is 4. The second kappa shape index (κ2) is 12.4. The smallest absolute Gasteiger partial charge is 0.183 e. The number of nitrogens with zero attached hydrogens (tertiary/aromatic N) is 4. The average Bonchev–Trinajstić information content (AvgIpc) is 3.23. The first-order valence-electron chi connectivity index (χ1n) is 17.5. The molecule has 0 bridgehead atoms. The van der Waals surface area contributed by atoms with Crippen molar-refractivity contribution in [3.63, 3.8) is 0 Å². The van der Waals surface area contributed by atoms with E-state index >= 15 is 0 Å². The number of pyridine rings is 1. The van der Waals surface area contributed by atoms with Gasteiger partial charge in [-0.3, -0.25) is 4.98 Å². The van der Waals surface area contributed by atoms with Crippen LogP contribution in [0.2, 0.25) is 0 Å². The maximum absolute atomic E-state index is 5.18. The number of rotatable bonds is 5. The molecule has 2 heterocycles. The van der Waals surface area contributed by atoms with Crippen molar-refractivity contribution in [2.75, 3.05) is 0 Å². The Labute approximate surface area is 300 Å². The van der Waals surface area contributed by atoms with Crippen molar-refractivity contribution in [1.82, 2.24) is 19.9 Å². The highest BCUT2D eigenvalue weighted by atomic mass is 15.0. The topological polar surface area (TPSA) is 51.6 Å². The van der Waals surface area contributed by atoms with Gasteiger partial charge in [0.15, 0.2) is 17.5 Å². The Morgan fingerprint density at radius 3 is 1.67 bits per heavy atom. The van der Waals surface area contributed by atoms with E-state index in [9.17, 15) is 0 Å². The SMILES string of the molecule is c1ccc(-c2nc(-c3ccc(-c4cccc5ccccc45)c(-c4ccccc4)c3)nc(-c3nccc4c3ccc3c5ccccc5ccc43)n2)cc1. The van der Waals surface area contributed by atoms with Gasteiger partial charge in [0.2, 0.25) is 0 Å². The lowest BCUT2D eigenvalue weighted by molar-refractivity contribution is 1.06. The Morgan fingerprint density at radius 1 is 0.288 bits per heavy atom. The maximum Gasteiger partial charge on any atom is 0.183 e. The molecular formula is C48H30N4. The van der Waals surface area contributed by atoms with E-state index in [4.69, 9.17) is 19.9 Å². The van der Waals surface area contributed by atoms with Crippen LogP contribution < -0.4 is 0 Å². The lowest BCUT2D eigenvalue weighted by Gasteiger charge is -2.15. The zero-order valence-electron chi connectivity index (χ0n) is 28.1. The molecule has 0 radical (unpaired) electrons. The summed E-state index contributed by atoms with van der Waals surface area (Å²) < 4.78 is 0. The van der Waals surface area contributed by atoms with Crippen LogP contribution in [0.5, 0.6) is 0 Å². The van der Waals surface area contributed by atoms with Crippen molar-refractivity contribution in [3.8, 4) is 56.5 Å². The van der Waals surface area contributed by atoms with Gasteiger partial charge in [-0.15, -0.1) is 0 Å². The van der Waals surface area contributed by atoms with Crippen molar-refractivity contribution in [2.45, 2.75) is 0 Å². The fourth-order valence-electron chi connectivity index (χ4n) is 7.49. The van der Waals surface area contributed by atoms with Crippen molar-refractivity contribution >= 4 is 43.1 Å². The summed E-state index contributed by atoms with van der Waals surface area (Å²) >= 11 is 0. The third-order valence-electron chi connectivity index (χ3n) is 9.99. The van der Waals surface area contributed by atoms with Crippen molar-refractivity contribution < 1.29 is 0 Å². The van der Waals surface area contributed by atoms with Gasteiger partial charge in [-0.05, 0) is 72.1 Å². The summed E-state index contributed by atoms with van der Waals surface area (Å²) in [6.07, 6.45) is 1.87. The highest BCUT2D eigenvalue weighted by Gasteiger charge is 2.18. The first-order chi connectivity index (χ1) is 25.8. The summed E-state index contributed by atoms with van der Waals surface area (Å²) in [5.41, 5.74) is 7.12. The quantitative estimate of drug-likeness (QED) is 0.172. The average molecular weight is 663 g/mol. The number of benzene rings is 8. The molecule has 242 valence electrons. The van der Waals surface area contributed by atoms with E-state index in [1.54, 1.807) is 0 Å². The standard InChI is InChI=1S/C48H30N4/c1-3-12-32(13-4-1)44-30-35(23-25-41(44)38-21-11-18-31-14-7-9-19-36(31)38)47-50-46(34-16-5-2-6-17-34)51-48(52-47)45-43-27-26-39-37-20-10-8-15-33(37)22-24-40(39)42(43)28-29-49-45/h1-30H. The van der Waals surface area contributed by atoms with Crippen LogP contribution in [0.1, 0.15) is 0 Å². The fourth-order valence-corrected chi connectivity index (χ4v) is 7.49. The summed E-state index contributed by atoms with van der Waals surface area (Å²) in [6.45, 7) is 0. The third kappa shape index (κ3) is 5.09. The van der Waals surface area contributed by atoms with Crippen molar-refractivity contribution in [1.29, 1.82) is 0 Å². The van der Waals surface area contributed by atoms with Gasteiger partial charge in [-0.1, -0.05) is 164 Å². The Kier molecular flexibility index (Phi) is 7.10. The molecular weight excluding hydrogens is 633 g/mol. The van der Waals surface area contributed by atoms with E-state index in [0.29, 0.717) is 17.5 Å². The Morgan fingerprint density at radius 2 is 0.865 bits per heavy atom. The van der Waals surface area contributed by atoms with Crippen LogP contribution in [0.25, 0.3) is 99.6 Å². The van der Waals surface area contributed by atoms with Crippen LogP contribution in [-0.2, 0) is 0 Å².